The second-order valence-electron chi connectivity index (χ2n) is 5.65. The van der Waals surface area contributed by atoms with Crippen molar-refractivity contribution in [2.24, 2.45) is 0 Å². The SMILES string of the molecule is CC1(C)ONC(=O)C1c1cccc(-c2noc(C(F)(F)F)n2)c1. The molecule has 0 saturated carbocycles. The van der Waals surface area contributed by atoms with Crippen LogP contribution in [0.4, 0.5) is 13.2 Å². The number of rotatable bonds is 2. The molecule has 1 saturated heterocycles. The van der Waals surface area contributed by atoms with Crippen LogP contribution < -0.4 is 5.48 Å². The summed E-state index contributed by atoms with van der Waals surface area (Å²) in [6, 6.07) is 6.38. The highest BCUT2D eigenvalue weighted by Crippen LogP contribution is 2.36. The summed E-state index contributed by atoms with van der Waals surface area (Å²) in [5.74, 6) is -2.54. The summed E-state index contributed by atoms with van der Waals surface area (Å²) >= 11 is 0. The quantitative estimate of drug-likeness (QED) is 0.917. The predicted octanol–water partition coefficient (Wildman–Crippen LogP) is 2.68. The van der Waals surface area contributed by atoms with Crippen LogP contribution in [-0.2, 0) is 15.8 Å². The highest BCUT2D eigenvalue weighted by molar-refractivity contribution is 5.86. The molecule has 0 bridgehead atoms. The molecule has 1 aliphatic heterocycles. The molecule has 1 fully saturated rings. The number of hydrogen-bond acceptors (Lipinski definition) is 5. The van der Waals surface area contributed by atoms with Crippen LogP contribution in [0, 0.1) is 0 Å². The summed E-state index contributed by atoms with van der Waals surface area (Å²) in [5, 5.41) is 3.34. The van der Waals surface area contributed by atoms with Crippen molar-refractivity contribution in [2.75, 3.05) is 0 Å². The molecule has 0 spiro atoms. The lowest BCUT2D eigenvalue weighted by Gasteiger charge is -2.22. The van der Waals surface area contributed by atoms with E-state index in [0.717, 1.165) is 0 Å². The molecule has 23 heavy (non-hydrogen) atoms. The van der Waals surface area contributed by atoms with E-state index in [2.05, 4.69) is 20.1 Å². The monoisotopic (exact) mass is 327 g/mol. The number of alkyl halides is 3. The number of carbonyl (C=O) groups is 1. The van der Waals surface area contributed by atoms with Gasteiger partial charge in [-0.1, -0.05) is 23.4 Å². The molecule has 2 aromatic rings. The molecule has 1 atom stereocenters. The Morgan fingerprint density at radius 2 is 2.04 bits per heavy atom. The van der Waals surface area contributed by atoms with Gasteiger partial charge in [0.25, 0.3) is 5.91 Å². The summed E-state index contributed by atoms with van der Waals surface area (Å²) in [4.78, 5) is 20.5. The largest absolute Gasteiger partial charge is 0.471 e. The lowest BCUT2D eigenvalue weighted by Crippen LogP contribution is -2.28. The smallest absolute Gasteiger partial charge is 0.329 e. The van der Waals surface area contributed by atoms with Crippen molar-refractivity contribution in [2.45, 2.75) is 31.5 Å². The molecule has 1 N–H and O–H groups in total. The van der Waals surface area contributed by atoms with E-state index in [9.17, 15) is 18.0 Å². The van der Waals surface area contributed by atoms with E-state index in [-0.39, 0.29) is 11.7 Å². The minimum Gasteiger partial charge on any atom is -0.329 e. The van der Waals surface area contributed by atoms with Crippen LogP contribution in [0.15, 0.2) is 28.8 Å². The van der Waals surface area contributed by atoms with E-state index in [4.69, 9.17) is 4.84 Å². The maximum absolute atomic E-state index is 12.5. The summed E-state index contributed by atoms with van der Waals surface area (Å²) < 4.78 is 41.8. The van der Waals surface area contributed by atoms with Gasteiger partial charge in [0.05, 0.1) is 5.92 Å². The number of nitrogens with zero attached hydrogens (tertiary/aromatic N) is 2. The molecule has 9 heteroatoms. The number of halogens is 3. The maximum Gasteiger partial charge on any atom is 0.471 e. The molecule has 0 aliphatic carbocycles. The van der Waals surface area contributed by atoms with Crippen LogP contribution in [0.1, 0.15) is 31.2 Å². The Bertz CT molecular complexity index is 755. The van der Waals surface area contributed by atoms with Gasteiger partial charge in [0.2, 0.25) is 5.82 Å². The number of hydrogen-bond donors (Lipinski definition) is 1. The van der Waals surface area contributed by atoms with Crippen molar-refractivity contribution in [3.8, 4) is 11.4 Å². The van der Waals surface area contributed by atoms with E-state index in [1.807, 2.05) is 0 Å². The minimum atomic E-state index is -4.70. The zero-order valence-electron chi connectivity index (χ0n) is 12.1. The summed E-state index contributed by atoms with van der Waals surface area (Å²) in [6.45, 7) is 3.47. The molecule has 1 aromatic carbocycles. The molecule has 1 unspecified atom stereocenters. The molecule has 1 amide bonds. The molecule has 1 aliphatic rings. The van der Waals surface area contributed by atoms with Crippen molar-refractivity contribution in [1.82, 2.24) is 15.6 Å². The third-order valence-corrected chi connectivity index (χ3v) is 3.52. The summed E-state index contributed by atoms with van der Waals surface area (Å²) in [7, 11) is 0. The molecule has 1 aromatic heterocycles. The van der Waals surface area contributed by atoms with Crippen molar-refractivity contribution in [3.63, 3.8) is 0 Å². The van der Waals surface area contributed by atoms with Gasteiger partial charge >= 0.3 is 12.1 Å². The van der Waals surface area contributed by atoms with Crippen molar-refractivity contribution >= 4 is 5.91 Å². The first-order valence-corrected chi connectivity index (χ1v) is 6.67. The van der Waals surface area contributed by atoms with Crippen LogP contribution >= 0.6 is 0 Å². The summed E-state index contributed by atoms with van der Waals surface area (Å²) in [6.07, 6.45) is -4.70. The van der Waals surface area contributed by atoms with Crippen LogP contribution in [0.25, 0.3) is 11.4 Å². The third-order valence-electron chi connectivity index (χ3n) is 3.52. The number of hydroxylamine groups is 1. The Morgan fingerprint density at radius 3 is 2.61 bits per heavy atom. The van der Waals surface area contributed by atoms with Crippen LogP contribution in [0.5, 0.6) is 0 Å². The van der Waals surface area contributed by atoms with Gasteiger partial charge in [-0.2, -0.15) is 18.2 Å². The first-order chi connectivity index (χ1) is 10.7. The topological polar surface area (TPSA) is 77.2 Å². The van der Waals surface area contributed by atoms with Gasteiger partial charge in [0.15, 0.2) is 0 Å². The number of amides is 1. The Balaban J connectivity index is 1.98. The Morgan fingerprint density at radius 1 is 1.30 bits per heavy atom. The molecule has 6 nitrogen and oxygen atoms in total. The molecule has 2 heterocycles. The van der Waals surface area contributed by atoms with Crippen molar-refractivity contribution in [3.05, 3.63) is 35.7 Å². The van der Waals surface area contributed by atoms with E-state index < -0.39 is 23.6 Å². The highest BCUT2D eigenvalue weighted by atomic mass is 19.4. The Hall–Kier alpha value is -2.42. The minimum absolute atomic E-state index is 0.198. The van der Waals surface area contributed by atoms with Gasteiger partial charge in [-0.25, -0.2) is 5.48 Å². The number of nitrogens with one attached hydrogen (secondary N) is 1. The second kappa shape index (κ2) is 5.05. The standard InChI is InChI=1S/C14H12F3N3O3/c1-13(2)9(11(21)20-23-13)7-4-3-5-8(6-7)10-18-12(22-19-10)14(15,16)17/h3-6,9H,1-2H3,(H,20,21). The van der Waals surface area contributed by atoms with Gasteiger partial charge in [-0.05, 0) is 25.5 Å². The van der Waals surface area contributed by atoms with Crippen LogP contribution in [0.2, 0.25) is 0 Å². The zero-order chi connectivity index (χ0) is 16.8. The van der Waals surface area contributed by atoms with Gasteiger partial charge in [0, 0.05) is 5.56 Å². The number of benzene rings is 1. The molecule has 3 rings (SSSR count). The maximum atomic E-state index is 12.5. The first kappa shape index (κ1) is 15.5. The number of carbonyl (C=O) groups excluding carboxylic acids is 1. The van der Waals surface area contributed by atoms with Crippen molar-refractivity contribution < 1.29 is 27.3 Å². The molecule has 122 valence electrons. The van der Waals surface area contributed by atoms with Crippen LogP contribution in [-0.4, -0.2) is 21.6 Å². The van der Waals surface area contributed by atoms with Gasteiger partial charge < -0.3 is 4.52 Å². The van der Waals surface area contributed by atoms with E-state index in [0.29, 0.717) is 11.1 Å². The van der Waals surface area contributed by atoms with Gasteiger partial charge in [-0.15, -0.1) is 0 Å². The van der Waals surface area contributed by atoms with Gasteiger partial charge in [0.1, 0.15) is 5.60 Å². The first-order valence-electron chi connectivity index (χ1n) is 6.67. The average molecular weight is 327 g/mol. The van der Waals surface area contributed by atoms with E-state index in [1.54, 1.807) is 32.0 Å². The fraction of sp³-hybridized carbons (Fsp3) is 0.357. The van der Waals surface area contributed by atoms with E-state index in [1.165, 1.54) is 6.07 Å². The predicted molar refractivity (Wildman–Crippen MR) is 70.8 cm³/mol. The van der Waals surface area contributed by atoms with Crippen molar-refractivity contribution in [1.29, 1.82) is 0 Å². The molecular weight excluding hydrogens is 315 g/mol. The summed E-state index contributed by atoms with van der Waals surface area (Å²) in [5.41, 5.74) is 2.42. The second-order valence-corrected chi connectivity index (χ2v) is 5.65. The normalized spacial score (nSPS) is 20.6. The lowest BCUT2D eigenvalue weighted by molar-refractivity contribution is -0.159. The molecular formula is C14H12F3N3O3. The zero-order valence-corrected chi connectivity index (χ0v) is 12.1. The fourth-order valence-corrected chi connectivity index (χ4v) is 2.48. The van der Waals surface area contributed by atoms with Crippen LogP contribution in [0.3, 0.4) is 0 Å². The third kappa shape index (κ3) is 2.79. The number of aromatic nitrogens is 2. The Kier molecular flexibility index (Phi) is 3.40. The highest BCUT2D eigenvalue weighted by Gasteiger charge is 2.44. The Labute approximate surface area is 128 Å². The average Bonchev–Trinajstić information content (AvgIpc) is 3.04. The fourth-order valence-electron chi connectivity index (χ4n) is 2.48. The lowest BCUT2D eigenvalue weighted by atomic mass is 9.84. The molecule has 0 radical (unpaired) electrons. The van der Waals surface area contributed by atoms with Gasteiger partial charge in [-0.3, -0.25) is 9.63 Å². The van der Waals surface area contributed by atoms with E-state index >= 15 is 0 Å².